The van der Waals surface area contributed by atoms with E-state index in [0.717, 1.165) is 4.90 Å². The van der Waals surface area contributed by atoms with Crippen molar-refractivity contribution in [3.63, 3.8) is 0 Å². The van der Waals surface area contributed by atoms with E-state index in [9.17, 15) is 0 Å². The maximum atomic E-state index is 6.08. The van der Waals surface area contributed by atoms with Crippen LogP contribution in [0.5, 0.6) is 0 Å². The molecule has 0 aliphatic carbocycles. The predicted octanol–water partition coefficient (Wildman–Crippen LogP) is 2.32. The fraction of sp³-hybridized carbons (Fsp3) is 0.182. The first kappa shape index (κ1) is 12.9. The highest BCUT2D eigenvalue weighted by Crippen LogP contribution is 2.31. The van der Waals surface area contributed by atoms with Gasteiger partial charge in [0.2, 0.25) is 11.9 Å². The fourth-order valence-corrected chi connectivity index (χ4v) is 2.26. The minimum absolute atomic E-state index is 0.197. The molecule has 5 nitrogen and oxygen atoms in total. The van der Waals surface area contributed by atoms with E-state index in [1.807, 2.05) is 38.4 Å². The van der Waals surface area contributed by atoms with Gasteiger partial charge in [-0.25, -0.2) is 0 Å². The van der Waals surface area contributed by atoms with Gasteiger partial charge in [0.1, 0.15) is 0 Å². The summed E-state index contributed by atoms with van der Waals surface area (Å²) in [7, 11) is 3.69. The average molecular weight is 282 g/mol. The van der Waals surface area contributed by atoms with Gasteiger partial charge in [0.05, 0.1) is 5.02 Å². The Hall–Kier alpha value is -1.53. The molecule has 94 valence electrons. The van der Waals surface area contributed by atoms with Crippen molar-refractivity contribution in [3.05, 3.63) is 29.3 Å². The number of aromatic nitrogens is 3. The highest BCUT2D eigenvalue weighted by Gasteiger charge is 2.09. The van der Waals surface area contributed by atoms with Crippen molar-refractivity contribution in [3.8, 4) is 0 Å². The number of benzene rings is 1. The van der Waals surface area contributed by atoms with E-state index < -0.39 is 0 Å². The lowest BCUT2D eigenvalue weighted by molar-refractivity contribution is 0.876. The summed E-state index contributed by atoms with van der Waals surface area (Å²) in [6.07, 6.45) is 0. The molecule has 0 radical (unpaired) electrons. The second-order valence-electron chi connectivity index (χ2n) is 3.70. The van der Waals surface area contributed by atoms with Gasteiger partial charge in [-0.3, -0.25) is 0 Å². The van der Waals surface area contributed by atoms with Gasteiger partial charge in [-0.1, -0.05) is 23.7 Å². The summed E-state index contributed by atoms with van der Waals surface area (Å²) >= 11 is 7.44. The molecule has 2 aromatic rings. The molecule has 2 N–H and O–H groups in total. The summed E-state index contributed by atoms with van der Waals surface area (Å²) in [5.74, 6) is 0.723. The van der Waals surface area contributed by atoms with Gasteiger partial charge in [0, 0.05) is 19.0 Å². The van der Waals surface area contributed by atoms with E-state index in [1.54, 1.807) is 4.90 Å². The zero-order valence-corrected chi connectivity index (χ0v) is 11.5. The second-order valence-corrected chi connectivity index (χ2v) is 5.12. The zero-order valence-electron chi connectivity index (χ0n) is 9.96. The molecule has 18 heavy (non-hydrogen) atoms. The van der Waals surface area contributed by atoms with Crippen molar-refractivity contribution < 1.29 is 0 Å². The number of hydrogen-bond acceptors (Lipinski definition) is 6. The summed E-state index contributed by atoms with van der Waals surface area (Å²) in [5, 5.41) is 1.19. The largest absolute Gasteiger partial charge is 0.368 e. The van der Waals surface area contributed by atoms with Crippen LogP contribution in [0.1, 0.15) is 0 Å². The summed E-state index contributed by atoms with van der Waals surface area (Å²) in [4.78, 5) is 15.1. The number of hydrogen-bond donors (Lipinski definition) is 1. The fourth-order valence-electron chi connectivity index (χ4n) is 1.23. The lowest BCUT2D eigenvalue weighted by atomic mass is 10.4. The number of anilines is 2. The third kappa shape index (κ3) is 3.02. The molecule has 0 aliphatic rings. The number of nitrogens with two attached hydrogens (primary N) is 1. The first-order valence-corrected chi connectivity index (χ1v) is 6.37. The number of rotatable bonds is 3. The van der Waals surface area contributed by atoms with Crippen molar-refractivity contribution in [1.29, 1.82) is 0 Å². The third-order valence-electron chi connectivity index (χ3n) is 2.06. The van der Waals surface area contributed by atoms with Crippen LogP contribution in [0.4, 0.5) is 11.9 Å². The van der Waals surface area contributed by atoms with Gasteiger partial charge in [-0.2, -0.15) is 15.0 Å². The predicted molar refractivity (Wildman–Crippen MR) is 74.1 cm³/mol. The molecule has 1 aromatic heterocycles. The molecule has 0 fully saturated rings. The molecule has 2 rings (SSSR count). The van der Waals surface area contributed by atoms with E-state index >= 15 is 0 Å². The van der Waals surface area contributed by atoms with Crippen LogP contribution >= 0.6 is 23.4 Å². The van der Waals surface area contributed by atoms with Crippen molar-refractivity contribution in [2.75, 3.05) is 24.7 Å². The zero-order chi connectivity index (χ0) is 13.1. The van der Waals surface area contributed by atoms with Crippen molar-refractivity contribution in [2.45, 2.75) is 10.1 Å². The van der Waals surface area contributed by atoms with Crippen molar-refractivity contribution in [2.24, 2.45) is 0 Å². The van der Waals surface area contributed by atoms with Crippen LogP contribution in [0, 0.1) is 0 Å². The molecule has 0 spiro atoms. The first-order valence-electron chi connectivity index (χ1n) is 5.17. The molecule has 0 atom stereocenters. The van der Waals surface area contributed by atoms with Crippen LogP contribution in [0.25, 0.3) is 0 Å². The topological polar surface area (TPSA) is 67.9 Å². The molecular weight excluding hydrogens is 270 g/mol. The monoisotopic (exact) mass is 281 g/mol. The molecule has 0 amide bonds. The standard InChI is InChI=1S/C11H12ClN5S/c1-17(2)10-14-9(13)15-11(16-10)18-8-6-4-3-5-7(8)12/h3-6H,1-2H3,(H2,13,14,15,16). The van der Waals surface area contributed by atoms with Gasteiger partial charge in [0.25, 0.3) is 0 Å². The molecule has 0 unspecified atom stereocenters. The van der Waals surface area contributed by atoms with Crippen LogP contribution in [-0.4, -0.2) is 29.0 Å². The maximum absolute atomic E-state index is 6.08. The normalized spacial score (nSPS) is 10.4. The van der Waals surface area contributed by atoms with Crippen LogP contribution < -0.4 is 10.6 Å². The minimum Gasteiger partial charge on any atom is -0.368 e. The molecule has 0 aliphatic heterocycles. The second kappa shape index (κ2) is 5.41. The first-order chi connectivity index (χ1) is 8.56. The number of nitrogens with zero attached hydrogens (tertiary/aromatic N) is 4. The van der Waals surface area contributed by atoms with E-state index in [0.29, 0.717) is 16.1 Å². The van der Waals surface area contributed by atoms with Crippen LogP contribution in [0.15, 0.2) is 34.3 Å². The molecule has 1 aromatic carbocycles. The Kier molecular flexibility index (Phi) is 3.88. The summed E-state index contributed by atoms with van der Waals surface area (Å²) in [6, 6.07) is 7.51. The molecule has 1 heterocycles. The van der Waals surface area contributed by atoms with Gasteiger partial charge >= 0.3 is 0 Å². The van der Waals surface area contributed by atoms with Crippen LogP contribution in [0.3, 0.4) is 0 Å². The Morgan fingerprint density at radius 3 is 2.56 bits per heavy atom. The SMILES string of the molecule is CN(C)c1nc(N)nc(Sc2ccccc2Cl)n1. The van der Waals surface area contributed by atoms with E-state index in [4.69, 9.17) is 17.3 Å². The minimum atomic E-state index is 0.197. The van der Waals surface area contributed by atoms with E-state index in [1.165, 1.54) is 11.8 Å². The molecular formula is C11H12ClN5S. The lowest BCUT2D eigenvalue weighted by Gasteiger charge is -2.11. The highest BCUT2D eigenvalue weighted by molar-refractivity contribution is 7.99. The smallest absolute Gasteiger partial charge is 0.230 e. The van der Waals surface area contributed by atoms with Gasteiger partial charge in [0.15, 0.2) is 5.16 Å². The highest BCUT2D eigenvalue weighted by atomic mass is 35.5. The van der Waals surface area contributed by atoms with E-state index in [2.05, 4.69) is 15.0 Å². The maximum Gasteiger partial charge on any atom is 0.230 e. The lowest BCUT2D eigenvalue weighted by Crippen LogP contribution is -2.15. The third-order valence-corrected chi connectivity index (χ3v) is 3.44. The van der Waals surface area contributed by atoms with Crippen LogP contribution in [0.2, 0.25) is 5.02 Å². The molecule has 7 heteroatoms. The summed E-state index contributed by atoms with van der Waals surface area (Å²) in [6.45, 7) is 0. The number of nitrogen functional groups attached to an aromatic ring is 1. The molecule has 0 saturated heterocycles. The van der Waals surface area contributed by atoms with Gasteiger partial charge < -0.3 is 10.6 Å². The van der Waals surface area contributed by atoms with Crippen molar-refractivity contribution in [1.82, 2.24) is 15.0 Å². The summed E-state index contributed by atoms with van der Waals surface area (Å²) < 4.78 is 0. The molecule has 0 bridgehead atoms. The quantitative estimate of drug-likeness (QED) is 0.931. The number of halogens is 1. The average Bonchev–Trinajstić information content (AvgIpc) is 2.31. The van der Waals surface area contributed by atoms with Gasteiger partial charge in [-0.05, 0) is 23.9 Å². The Morgan fingerprint density at radius 1 is 1.17 bits per heavy atom. The van der Waals surface area contributed by atoms with Gasteiger partial charge in [-0.15, -0.1) is 0 Å². The Labute approximate surface area is 114 Å². The van der Waals surface area contributed by atoms with Crippen molar-refractivity contribution >= 4 is 35.3 Å². The summed E-state index contributed by atoms with van der Waals surface area (Å²) in [5.41, 5.74) is 5.65. The van der Waals surface area contributed by atoms with E-state index in [-0.39, 0.29) is 5.95 Å². The van der Waals surface area contributed by atoms with Crippen LogP contribution in [-0.2, 0) is 0 Å². The molecule has 0 saturated carbocycles. The Balaban J connectivity index is 2.32. The Bertz CT molecular complexity index is 561. The Morgan fingerprint density at radius 2 is 1.89 bits per heavy atom.